The molecule has 0 bridgehead atoms. The first-order chi connectivity index (χ1) is 18.5. The zero-order chi connectivity index (χ0) is 26.5. The van der Waals surface area contributed by atoms with Crippen molar-refractivity contribution >= 4 is 34.3 Å². The quantitative estimate of drug-likeness (QED) is 0.338. The minimum Gasteiger partial charge on any atom is -0.492 e. The molecule has 0 saturated carbocycles. The summed E-state index contributed by atoms with van der Waals surface area (Å²) in [6.07, 6.45) is 6.57. The van der Waals surface area contributed by atoms with Crippen molar-refractivity contribution in [3.05, 3.63) is 77.1 Å². The Morgan fingerprint density at radius 1 is 1.03 bits per heavy atom. The van der Waals surface area contributed by atoms with Gasteiger partial charge in [-0.15, -0.1) is 0 Å². The number of amides is 2. The molecule has 196 valence electrons. The number of nitrogen functional groups attached to an aromatic ring is 1. The standard InChI is InChI=1S/C27H28FN7O3/c28-21-9-8-20(38-15-14-34-11-2-1-3-12-34)16-22(21)33-27(37)32-18-4-6-19(7-5-18)35-13-10-23(36)24-25(29)30-17-31-26(24)35/h4-10,13,16-17H,1-3,11-12,14-15H2,(H2,29,30,31)(H2,32,33,37). The summed E-state index contributed by atoms with van der Waals surface area (Å²) in [5.74, 6) is 0.0270. The van der Waals surface area contributed by atoms with Crippen LogP contribution < -0.4 is 26.5 Å². The van der Waals surface area contributed by atoms with E-state index in [9.17, 15) is 14.0 Å². The van der Waals surface area contributed by atoms with Gasteiger partial charge in [0.15, 0.2) is 11.1 Å². The van der Waals surface area contributed by atoms with Crippen molar-refractivity contribution in [1.82, 2.24) is 19.4 Å². The number of anilines is 3. The molecule has 5 rings (SSSR count). The van der Waals surface area contributed by atoms with Gasteiger partial charge in [-0.1, -0.05) is 6.42 Å². The average Bonchev–Trinajstić information content (AvgIpc) is 2.92. The van der Waals surface area contributed by atoms with E-state index >= 15 is 0 Å². The van der Waals surface area contributed by atoms with Gasteiger partial charge in [0.05, 0.1) is 5.69 Å². The van der Waals surface area contributed by atoms with Crippen molar-refractivity contribution in [1.29, 1.82) is 0 Å². The Bertz CT molecular complexity index is 1500. The first-order valence-electron chi connectivity index (χ1n) is 12.4. The molecule has 0 unspecified atom stereocenters. The van der Waals surface area contributed by atoms with Gasteiger partial charge in [-0.3, -0.25) is 9.69 Å². The summed E-state index contributed by atoms with van der Waals surface area (Å²) >= 11 is 0. The molecule has 11 heteroatoms. The van der Waals surface area contributed by atoms with Crippen LogP contribution in [-0.2, 0) is 0 Å². The number of carbonyl (C=O) groups is 1. The second-order valence-corrected chi connectivity index (χ2v) is 9.03. The van der Waals surface area contributed by atoms with Crippen LogP contribution in [0, 0.1) is 5.82 Å². The summed E-state index contributed by atoms with van der Waals surface area (Å²) in [5.41, 5.74) is 7.17. The maximum absolute atomic E-state index is 14.4. The number of nitrogens with one attached hydrogen (secondary N) is 2. The zero-order valence-corrected chi connectivity index (χ0v) is 20.7. The summed E-state index contributed by atoms with van der Waals surface area (Å²) in [5, 5.41) is 5.46. The lowest BCUT2D eigenvalue weighted by Gasteiger charge is -2.26. The fraction of sp³-hybridized carbons (Fsp3) is 0.259. The summed E-state index contributed by atoms with van der Waals surface area (Å²) < 4.78 is 21.8. The van der Waals surface area contributed by atoms with Crippen molar-refractivity contribution in [2.24, 2.45) is 0 Å². The second-order valence-electron chi connectivity index (χ2n) is 9.03. The summed E-state index contributed by atoms with van der Waals surface area (Å²) in [6.45, 7) is 3.45. The second kappa shape index (κ2) is 11.3. The largest absolute Gasteiger partial charge is 0.492 e. The van der Waals surface area contributed by atoms with Gasteiger partial charge in [0.1, 0.15) is 35.7 Å². The number of halogens is 1. The Labute approximate surface area is 218 Å². The van der Waals surface area contributed by atoms with Gasteiger partial charge >= 0.3 is 6.03 Å². The molecule has 0 radical (unpaired) electrons. The fourth-order valence-corrected chi connectivity index (χ4v) is 4.47. The lowest BCUT2D eigenvalue weighted by atomic mass is 10.1. The Kier molecular flexibility index (Phi) is 7.45. The number of hydrogen-bond donors (Lipinski definition) is 3. The van der Waals surface area contributed by atoms with E-state index in [1.807, 2.05) is 0 Å². The number of ether oxygens (including phenoxy) is 1. The van der Waals surface area contributed by atoms with E-state index in [4.69, 9.17) is 10.5 Å². The highest BCUT2D eigenvalue weighted by molar-refractivity contribution is 6.00. The number of urea groups is 1. The van der Waals surface area contributed by atoms with E-state index in [-0.39, 0.29) is 22.3 Å². The number of carbonyl (C=O) groups excluding carboxylic acids is 1. The van der Waals surface area contributed by atoms with Crippen molar-refractivity contribution in [3.8, 4) is 11.4 Å². The van der Waals surface area contributed by atoms with E-state index in [0.29, 0.717) is 29.4 Å². The van der Waals surface area contributed by atoms with Gasteiger partial charge in [-0.25, -0.2) is 19.2 Å². The number of aromatic nitrogens is 3. The van der Waals surface area contributed by atoms with Gasteiger partial charge in [-0.2, -0.15) is 0 Å². The van der Waals surface area contributed by atoms with Crippen molar-refractivity contribution in [3.63, 3.8) is 0 Å². The van der Waals surface area contributed by atoms with Crippen LogP contribution in [0.25, 0.3) is 16.7 Å². The Balaban J connectivity index is 1.22. The molecule has 4 N–H and O–H groups in total. The topological polar surface area (TPSA) is 127 Å². The van der Waals surface area contributed by atoms with Crippen LogP contribution in [0.15, 0.2) is 65.8 Å². The summed E-state index contributed by atoms with van der Waals surface area (Å²) in [7, 11) is 0. The van der Waals surface area contributed by atoms with Gasteiger partial charge < -0.3 is 25.7 Å². The van der Waals surface area contributed by atoms with Crippen LogP contribution >= 0.6 is 0 Å². The third-order valence-corrected chi connectivity index (χ3v) is 6.42. The first kappa shape index (κ1) is 25.2. The highest BCUT2D eigenvalue weighted by atomic mass is 19.1. The maximum Gasteiger partial charge on any atom is 0.323 e. The first-order valence-corrected chi connectivity index (χ1v) is 12.4. The number of nitrogens with zero attached hydrogens (tertiary/aromatic N) is 4. The van der Waals surface area contributed by atoms with Crippen LogP contribution in [0.1, 0.15) is 19.3 Å². The molecule has 1 aliphatic rings. The molecule has 2 aromatic heterocycles. The molecule has 4 aromatic rings. The molecule has 2 amide bonds. The molecular formula is C27H28FN7O3. The molecule has 1 fully saturated rings. The van der Waals surface area contributed by atoms with E-state index in [0.717, 1.165) is 19.6 Å². The monoisotopic (exact) mass is 517 g/mol. The number of rotatable bonds is 7. The third kappa shape index (κ3) is 5.73. The average molecular weight is 518 g/mol. The highest BCUT2D eigenvalue weighted by Crippen LogP contribution is 2.23. The number of piperidine rings is 1. The molecule has 1 saturated heterocycles. The number of hydrogen-bond acceptors (Lipinski definition) is 7. The Hall–Kier alpha value is -4.51. The number of nitrogens with two attached hydrogens (primary N) is 1. The predicted octanol–water partition coefficient (Wildman–Crippen LogP) is 4.01. The zero-order valence-electron chi connectivity index (χ0n) is 20.7. The van der Waals surface area contributed by atoms with Gasteiger partial charge in [0.25, 0.3) is 0 Å². The molecule has 0 aliphatic carbocycles. The maximum atomic E-state index is 14.4. The molecule has 0 atom stereocenters. The van der Waals surface area contributed by atoms with Crippen molar-refractivity contribution in [2.75, 3.05) is 42.6 Å². The number of pyridine rings is 1. The molecular weight excluding hydrogens is 489 g/mol. The summed E-state index contributed by atoms with van der Waals surface area (Å²) in [6, 6.07) is 11.9. The lowest BCUT2D eigenvalue weighted by molar-refractivity contribution is 0.183. The lowest BCUT2D eigenvalue weighted by Crippen LogP contribution is -2.33. The molecule has 3 heterocycles. The van der Waals surface area contributed by atoms with Gasteiger partial charge in [-0.05, 0) is 62.3 Å². The third-order valence-electron chi connectivity index (χ3n) is 6.42. The Morgan fingerprint density at radius 3 is 2.61 bits per heavy atom. The van der Waals surface area contributed by atoms with E-state index in [1.165, 1.54) is 43.8 Å². The highest BCUT2D eigenvalue weighted by Gasteiger charge is 2.13. The summed E-state index contributed by atoms with van der Waals surface area (Å²) in [4.78, 5) is 35.2. The normalized spacial score (nSPS) is 13.8. The number of likely N-dealkylation sites (tertiary alicyclic amines) is 1. The number of fused-ring (bicyclic) bond motifs is 1. The SMILES string of the molecule is Nc1ncnc2c1c(=O)ccn2-c1ccc(NC(=O)Nc2cc(OCCN3CCCCC3)ccc2F)cc1. The van der Waals surface area contributed by atoms with Crippen molar-refractivity contribution in [2.45, 2.75) is 19.3 Å². The van der Waals surface area contributed by atoms with Gasteiger partial charge in [0.2, 0.25) is 0 Å². The minimum absolute atomic E-state index is 0.0200. The van der Waals surface area contributed by atoms with Gasteiger partial charge in [0, 0.05) is 36.2 Å². The fourth-order valence-electron chi connectivity index (χ4n) is 4.47. The van der Waals surface area contributed by atoms with Crippen LogP contribution in [0.2, 0.25) is 0 Å². The van der Waals surface area contributed by atoms with E-state index < -0.39 is 11.8 Å². The molecule has 38 heavy (non-hydrogen) atoms. The number of benzene rings is 2. The predicted molar refractivity (Wildman–Crippen MR) is 144 cm³/mol. The molecule has 2 aromatic carbocycles. The van der Waals surface area contributed by atoms with E-state index in [2.05, 4.69) is 25.5 Å². The van der Waals surface area contributed by atoms with Crippen LogP contribution in [-0.4, -0.2) is 51.7 Å². The van der Waals surface area contributed by atoms with Crippen LogP contribution in [0.3, 0.4) is 0 Å². The smallest absolute Gasteiger partial charge is 0.323 e. The molecule has 10 nitrogen and oxygen atoms in total. The minimum atomic E-state index is -0.601. The Morgan fingerprint density at radius 2 is 1.82 bits per heavy atom. The van der Waals surface area contributed by atoms with E-state index in [1.54, 1.807) is 41.1 Å². The van der Waals surface area contributed by atoms with Crippen molar-refractivity contribution < 1.29 is 13.9 Å². The van der Waals surface area contributed by atoms with Crippen LogP contribution in [0.5, 0.6) is 5.75 Å². The molecule has 1 aliphatic heterocycles. The van der Waals surface area contributed by atoms with Crippen LogP contribution in [0.4, 0.5) is 26.4 Å². The molecule has 0 spiro atoms.